The fourth-order valence-corrected chi connectivity index (χ4v) is 2.88. The monoisotopic (exact) mass is 289 g/mol. The zero-order chi connectivity index (χ0) is 12.2. The number of alkyl halides is 1. The zero-order valence-corrected chi connectivity index (χ0v) is 12.3. The molecule has 0 aromatic carbocycles. The number of nitrogens with zero attached hydrogens (tertiary/aromatic N) is 1. The van der Waals surface area contributed by atoms with Crippen LogP contribution in [0.2, 0.25) is 0 Å². The van der Waals surface area contributed by atoms with Crippen molar-refractivity contribution >= 4 is 21.8 Å². The summed E-state index contributed by atoms with van der Waals surface area (Å²) >= 11 is 3.41. The van der Waals surface area contributed by atoms with Gasteiger partial charge in [-0.25, -0.2) is 0 Å². The number of hydrogen-bond donors (Lipinski definition) is 0. The van der Waals surface area contributed by atoms with Gasteiger partial charge in [0.15, 0.2) is 0 Å². The van der Waals surface area contributed by atoms with Gasteiger partial charge in [-0.1, -0.05) is 42.6 Å². The number of rotatable bonds is 4. The summed E-state index contributed by atoms with van der Waals surface area (Å²) in [6.07, 6.45) is 5.80. The third kappa shape index (κ3) is 3.47. The van der Waals surface area contributed by atoms with E-state index in [9.17, 15) is 4.79 Å². The number of halogens is 1. The molecular formula is C13H24BrNO. The van der Waals surface area contributed by atoms with E-state index >= 15 is 0 Å². The molecule has 0 aliphatic heterocycles. The maximum atomic E-state index is 12.3. The first-order valence-corrected chi connectivity index (χ1v) is 7.42. The molecule has 1 fully saturated rings. The van der Waals surface area contributed by atoms with Crippen LogP contribution < -0.4 is 0 Å². The molecule has 1 amide bonds. The summed E-state index contributed by atoms with van der Waals surface area (Å²) in [4.78, 5) is 14.2. The summed E-state index contributed by atoms with van der Waals surface area (Å²) in [5.41, 5.74) is 0.192. The van der Waals surface area contributed by atoms with E-state index in [0.29, 0.717) is 5.91 Å². The lowest BCUT2D eigenvalue weighted by Gasteiger charge is -2.39. The van der Waals surface area contributed by atoms with E-state index in [2.05, 4.69) is 29.8 Å². The normalized spacial score (nSPS) is 24.1. The molecule has 16 heavy (non-hydrogen) atoms. The van der Waals surface area contributed by atoms with Gasteiger partial charge in [0.25, 0.3) is 0 Å². The fraction of sp³-hybridized carbons (Fsp3) is 0.923. The van der Waals surface area contributed by atoms with Crippen molar-refractivity contribution < 1.29 is 4.79 Å². The highest BCUT2D eigenvalue weighted by Gasteiger charge is 2.38. The van der Waals surface area contributed by atoms with Gasteiger partial charge in [0, 0.05) is 24.8 Å². The average Bonchev–Trinajstić information content (AvgIpc) is 2.24. The molecule has 1 aliphatic carbocycles. The Morgan fingerprint density at radius 1 is 1.44 bits per heavy atom. The Kier molecular flexibility index (Phi) is 5.29. The predicted molar refractivity (Wildman–Crippen MR) is 71.8 cm³/mol. The van der Waals surface area contributed by atoms with Crippen LogP contribution in [0, 0.1) is 11.3 Å². The van der Waals surface area contributed by atoms with E-state index in [1.54, 1.807) is 0 Å². The second-order valence-corrected chi connectivity index (χ2v) is 6.38. The minimum Gasteiger partial charge on any atom is -0.345 e. The van der Waals surface area contributed by atoms with Crippen molar-refractivity contribution in [3.8, 4) is 0 Å². The Morgan fingerprint density at radius 3 is 2.69 bits per heavy atom. The molecule has 2 nitrogen and oxygen atoms in total. The molecule has 3 heteroatoms. The molecule has 0 radical (unpaired) electrons. The molecule has 0 N–H and O–H groups in total. The van der Waals surface area contributed by atoms with Gasteiger partial charge in [-0.2, -0.15) is 0 Å². The van der Waals surface area contributed by atoms with Crippen molar-refractivity contribution in [2.45, 2.75) is 46.0 Å². The molecular weight excluding hydrogens is 266 g/mol. The first-order valence-electron chi connectivity index (χ1n) is 6.30. The number of carbonyl (C=O) groups excluding carboxylic acids is 1. The van der Waals surface area contributed by atoms with Gasteiger partial charge >= 0.3 is 0 Å². The van der Waals surface area contributed by atoms with E-state index in [1.807, 2.05) is 11.9 Å². The molecule has 0 heterocycles. The third-order valence-electron chi connectivity index (χ3n) is 3.81. The van der Waals surface area contributed by atoms with Crippen LogP contribution in [0.15, 0.2) is 0 Å². The van der Waals surface area contributed by atoms with Gasteiger partial charge in [-0.15, -0.1) is 0 Å². The van der Waals surface area contributed by atoms with Crippen molar-refractivity contribution in [3.63, 3.8) is 0 Å². The van der Waals surface area contributed by atoms with E-state index in [1.165, 1.54) is 19.3 Å². The summed E-state index contributed by atoms with van der Waals surface area (Å²) in [6, 6.07) is 0. The van der Waals surface area contributed by atoms with Gasteiger partial charge < -0.3 is 4.90 Å². The van der Waals surface area contributed by atoms with Crippen molar-refractivity contribution in [2.75, 3.05) is 18.9 Å². The van der Waals surface area contributed by atoms with Crippen molar-refractivity contribution in [2.24, 2.45) is 11.3 Å². The van der Waals surface area contributed by atoms with Crippen LogP contribution in [0.3, 0.4) is 0 Å². The lowest BCUT2D eigenvalue weighted by atomic mass is 9.68. The first kappa shape index (κ1) is 14.0. The van der Waals surface area contributed by atoms with Crippen LogP contribution in [0.4, 0.5) is 0 Å². The highest BCUT2D eigenvalue weighted by molar-refractivity contribution is 9.09. The Balaban J connectivity index is 2.57. The minimum absolute atomic E-state index is 0.192. The molecule has 0 bridgehead atoms. The fourth-order valence-electron chi connectivity index (χ4n) is 2.62. The van der Waals surface area contributed by atoms with Gasteiger partial charge in [0.05, 0.1) is 0 Å². The molecule has 1 unspecified atom stereocenters. The highest BCUT2D eigenvalue weighted by atomic mass is 79.9. The zero-order valence-electron chi connectivity index (χ0n) is 10.8. The van der Waals surface area contributed by atoms with Crippen LogP contribution >= 0.6 is 15.9 Å². The molecule has 1 aliphatic rings. The molecule has 1 rings (SSSR count). The summed E-state index contributed by atoms with van der Waals surface area (Å²) < 4.78 is 0. The SMILES string of the molecule is CN(CCCBr)C(=O)C1CCCCC1(C)C. The number of amides is 1. The molecule has 0 aromatic rings. The highest BCUT2D eigenvalue weighted by Crippen LogP contribution is 2.41. The van der Waals surface area contributed by atoms with Gasteiger partial charge in [0.1, 0.15) is 0 Å². The lowest BCUT2D eigenvalue weighted by Crippen LogP contribution is -2.42. The summed E-state index contributed by atoms with van der Waals surface area (Å²) in [6.45, 7) is 5.36. The number of hydrogen-bond acceptors (Lipinski definition) is 1. The standard InChI is InChI=1S/C13H24BrNO/c1-13(2)8-5-4-7-11(13)12(16)15(3)10-6-9-14/h11H,4-10H2,1-3H3. The van der Waals surface area contributed by atoms with Crippen molar-refractivity contribution in [1.82, 2.24) is 4.90 Å². The van der Waals surface area contributed by atoms with Gasteiger partial charge in [-0.05, 0) is 24.7 Å². The maximum absolute atomic E-state index is 12.3. The topological polar surface area (TPSA) is 20.3 Å². The Hall–Kier alpha value is -0.0500. The minimum atomic E-state index is 0.192. The molecule has 1 atom stereocenters. The number of carbonyl (C=O) groups is 1. The van der Waals surface area contributed by atoms with Gasteiger partial charge in [0.2, 0.25) is 5.91 Å². The summed E-state index contributed by atoms with van der Waals surface area (Å²) in [5, 5.41) is 0.971. The van der Waals surface area contributed by atoms with E-state index in [-0.39, 0.29) is 11.3 Å². The Bertz CT molecular complexity index is 240. The van der Waals surface area contributed by atoms with Crippen LogP contribution in [0.5, 0.6) is 0 Å². The molecule has 0 aromatic heterocycles. The van der Waals surface area contributed by atoms with Crippen LogP contribution in [0.1, 0.15) is 46.0 Å². The quantitative estimate of drug-likeness (QED) is 0.726. The summed E-state index contributed by atoms with van der Waals surface area (Å²) in [7, 11) is 1.94. The van der Waals surface area contributed by atoms with E-state index < -0.39 is 0 Å². The summed E-state index contributed by atoms with van der Waals surface area (Å²) in [5.74, 6) is 0.590. The molecule has 0 spiro atoms. The van der Waals surface area contributed by atoms with E-state index in [0.717, 1.165) is 24.7 Å². The molecule has 94 valence electrons. The van der Waals surface area contributed by atoms with Crippen LogP contribution in [-0.4, -0.2) is 29.7 Å². The average molecular weight is 290 g/mol. The largest absolute Gasteiger partial charge is 0.345 e. The molecule has 1 saturated carbocycles. The second kappa shape index (κ2) is 6.04. The van der Waals surface area contributed by atoms with Crippen molar-refractivity contribution in [1.29, 1.82) is 0 Å². The maximum Gasteiger partial charge on any atom is 0.225 e. The second-order valence-electron chi connectivity index (χ2n) is 5.59. The lowest BCUT2D eigenvalue weighted by molar-refractivity contribution is -0.139. The third-order valence-corrected chi connectivity index (χ3v) is 4.37. The van der Waals surface area contributed by atoms with Gasteiger partial charge in [-0.3, -0.25) is 4.79 Å². The smallest absolute Gasteiger partial charge is 0.225 e. The Morgan fingerprint density at radius 2 is 2.12 bits per heavy atom. The first-order chi connectivity index (χ1) is 7.49. The predicted octanol–water partition coefficient (Wildman–Crippen LogP) is 3.45. The van der Waals surface area contributed by atoms with Crippen LogP contribution in [-0.2, 0) is 4.79 Å². The Labute approximate surface area is 108 Å². The molecule has 0 saturated heterocycles. The van der Waals surface area contributed by atoms with Crippen molar-refractivity contribution in [3.05, 3.63) is 0 Å². The van der Waals surface area contributed by atoms with Crippen LogP contribution in [0.25, 0.3) is 0 Å². The van der Waals surface area contributed by atoms with E-state index in [4.69, 9.17) is 0 Å².